The van der Waals surface area contributed by atoms with Crippen molar-refractivity contribution in [1.82, 2.24) is 15.3 Å². The quantitative estimate of drug-likeness (QED) is 0.895. The number of aryl methyl sites for hydroxylation is 1. The Morgan fingerprint density at radius 1 is 1.33 bits per heavy atom. The largest absolute Gasteiger partial charge is 0.459 e. The van der Waals surface area contributed by atoms with Gasteiger partial charge in [-0.1, -0.05) is 13.8 Å². The minimum Gasteiger partial charge on any atom is -0.459 e. The third kappa shape index (κ3) is 3.69. The molecule has 144 valence electrons. The molecule has 1 fully saturated rings. The lowest BCUT2D eigenvalue weighted by Crippen LogP contribution is -2.39. The SMILES string of the molecule is Cc1ccoc1C(=O)NC1CC(C)(C)Cc2nc(N3CCOCC3)ncc21. The number of aromatic nitrogens is 2. The van der Waals surface area contributed by atoms with E-state index in [0.29, 0.717) is 19.0 Å². The number of anilines is 1. The molecule has 3 heterocycles. The average molecular weight is 370 g/mol. The third-order valence-electron chi connectivity index (χ3n) is 5.33. The highest BCUT2D eigenvalue weighted by Crippen LogP contribution is 2.40. The second kappa shape index (κ2) is 6.96. The number of nitrogens with zero attached hydrogens (tertiary/aromatic N) is 3. The first kappa shape index (κ1) is 18.0. The zero-order valence-electron chi connectivity index (χ0n) is 16.1. The van der Waals surface area contributed by atoms with Crippen molar-refractivity contribution in [3.63, 3.8) is 0 Å². The summed E-state index contributed by atoms with van der Waals surface area (Å²) in [4.78, 5) is 24.3. The van der Waals surface area contributed by atoms with Gasteiger partial charge in [-0.25, -0.2) is 9.97 Å². The van der Waals surface area contributed by atoms with Crippen molar-refractivity contribution in [1.29, 1.82) is 0 Å². The molecule has 1 atom stereocenters. The highest BCUT2D eigenvalue weighted by Gasteiger charge is 2.35. The van der Waals surface area contributed by atoms with E-state index in [2.05, 4.69) is 29.0 Å². The number of fused-ring (bicyclic) bond motifs is 1. The molecule has 0 saturated carbocycles. The molecule has 7 heteroatoms. The van der Waals surface area contributed by atoms with Gasteiger partial charge in [-0.05, 0) is 31.2 Å². The van der Waals surface area contributed by atoms with Crippen LogP contribution >= 0.6 is 0 Å². The van der Waals surface area contributed by atoms with Crippen molar-refractivity contribution >= 4 is 11.9 Å². The van der Waals surface area contributed by atoms with Crippen LogP contribution in [0.4, 0.5) is 5.95 Å². The van der Waals surface area contributed by atoms with Gasteiger partial charge in [0, 0.05) is 30.4 Å². The molecule has 1 unspecified atom stereocenters. The van der Waals surface area contributed by atoms with Gasteiger partial charge in [-0.15, -0.1) is 0 Å². The number of carbonyl (C=O) groups is 1. The minimum atomic E-state index is -0.191. The van der Waals surface area contributed by atoms with E-state index in [-0.39, 0.29) is 17.4 Å². The second-order valence-electron chi connectivity index (χ2n) is 8.18. The molecular weight excluding hydrogens is 344 g/mol. The van der Waals surface area contributed by atoms with Crippen molar-refractivity contribution in [2.45, 2.75) is 39.7 Å². The summed E-state index contributed by atoms with van der Waals surface area (Å²) >= 11 is 0. The Kier molecular flexibility index (Phi) is 4.63. The molecular formula is C20H26N4O3. The van der Waals surface area contributed by atoms with E-state index in [1.54, 1.807) is 12.3 Å². The van der Waals surface area contributed by atoms with Crippen molar-refractivity contribution in [2.75, 3.05) is 31.2 Å². The molecule has 2 aromatic heterocycles. The summed E-state index contributed by atoms with van der Waals surface area (Å²) in [7, 11) is 0. The smallest absolute Gasteiger partial charge is 0.287 e. The van der Waals surface area contributed by atoms with Crippen LogP contribution in [0.1, 0.15) is 53.7 Å². The Morgan fingerprint density at radius 3 is 2.81 bits per heavy atom. The Balaban J connectivity index is 1.61. The van der Waals surface area contributed by atoms with Crippen molar-refractivity contribution in [3.8, 4) is 0 Å². The van der Waals surface area contributed by atoms with Crippen LogP contribution < -0.4 is 10.2 Å². The first-order valence-electron chi connectivity index (χ1n) is 9.46. The molecule has 1 aliphatic heterocycles. The summed E-state index contributed by atoms with van der Waals surface area (Å²) in [6.07, 6.45) is 5.13. The van der Waals surface area contributed by atoms with Crippen LogP contribution in [0.15, 0.2) is 22.9 Å². The first-order chi connectivity index (χ1) is 12.9. The van der Waals surface area contributed by atoms with Crippen LogP contribution in [0.2, 0.25) is 0 Å². The van der Waals surface area contributed by atoms with Crippen LogP contribution in [0, 0.1) is 12.3 Å². The lowest BCUT2D eigenvalue weighted by atomic mass is 9.74. The summed E-state index contributed by atoms with van der Waals surface area (Å²) in [5.41, 5.74) is 2.90. The predicted molar refractivity (Wildman–Crippen MR) is 101 cm³/mol. The maximum Gasteiger partial charge on any atom is 0.287 e. The van der Waals surface area contributed by atoms with Crippen LogP contribution in [0.5, 0.6) is 0 Å². The fourth-order valence-corrected chi connectivity index (χ4v) is 3.91. The van der Waals surface area contributed by atoms with Crippen molar-refractivity contribution < 1.29 is 13.9 Å². The van der Waals surface area contributed by atoms with E-state index < -0.39 is 0 Å². The maximum atomic E-state index is 12.7. The molecule has 0 bridgehead atoms. The van der Waals surface area contributed by atoms with E-state index >= 15 is 0 Å². The lowest BCUT2D eigenvalue weighted by Gasteiger charge is -2.37. The second-order valence-corrected chi connectivity index (χ2v) is 8.18. The number of nitrogens with one attached hydrogen (secondary N) is 1. The molecule has 0 aromatic carbocycles. The Hall–Kier alpha value is -2.41. The van der Waals surface area contributed by atoms with Crippen LogP contribution in [-0.4, -0.2) is 42.2 Å². The molecule has 0 spiro atoms. The highest BCUT2D eigenvalue weighted by molar-refractivity contribution is 5.93. The molecule has 1 aliphatic carbocycles. The van der Waals surface area contributed by atoms with Crippen molar-refractivity contribution in [3.05, 3.63) is 41.1 Å². The van der Waals surface area contributed by atoms with Gasteiger partial charge in [0.05, 0.1) is 31.2 Å². The van der Waals surface area contributed by atoms with Gasteiger partial charge in [0.2, 0.25) is 5.95 Å². The summed E-state index contributed by atoms with van der Waals surface area (Å²) < 4.78 is 10.8. The van der Waals surface area contributed by atoms with E-state index in [0.717, 1.165) is 48.7 Å². The highest BCUT2D eigenvalue weighted by atomic mass is 16.5. The van der Waals surface area contributed by atoms with Crippen LogP contribution in [0.25, 0.3) is 0 Å². The monoisotopic (exact) mass is 370 g/mol. The van der Waals surface area contributed by atoms with Crippen LogP contribution in [0.3, 0.4) is 0 Å². The molecule has 1 saturated heterocycles. The average Bonchev–Trinajstić information content (AvgIpc) is 3.07. The summed E-state index contributed by atoms with van der Waals surface area (Å²) in [5.74, 6) is 0.927. The van der Waals surface area contributed by atoms with Crippen molar-refractivity contribution in [2.24, 2.45) is 5.41 Å². The van der Waals surface area contributed by atoms with E-state index in [1.807, 2.05) is 13.1 Å². The van der Waals surface area contributed by atoms with Gasteiger partial charge in [0.15, 0.2) is 5.76 Å². The number of amides is 1. The minimum absolute atomic E-state index is 0.0415. The number of carbonyl (C=O) groups excluding carboxylic acids is 1. The standard InChI is InChI=1S/C20H26N4O3/c1-13-4-7-27-17(13)18(25)22-15-10-20(2,3)11-16-14(15)12-21-19(23-16)24-5-8-26-9-6-24/h4,7,12,15H,5-6,8-11H2,1-3H3,(H,22,25). The summed E-state index contributed by atoms with van der Waals surface area (Å²) in [5, 5.41) is 3.13. The summed E-state index contributed by atoms with van der Waals surface area (Å²) in [6.45, 7) is 9.31. The fraction of sp³-hybridized carbons (Fsp3) is 0.550. The molecule has 2 aromatic rings. The first-order valence-corrected chi connectivity index (χ1v) is 9.46. The Labute approximate surface area is 159 Å². The van der Waals surface area contributed by atoms with Gasteiger partial charge in [0.25, 0.3) is 5.91 Å². The molecule has 1 amide bonds. The predicted octanol–water partition coefficient (Wildman–Crippen LogP) is 2.66. The fourth-order valence-electron chi connectivity index (χ4n) is 3.91. The van der Waals surface area contributed by atoms with Gasteiger partial charge in [-0.2, -0.15) is 0 Å². The number of furan rings is 1. The van der Waals surface area contributed by atoms with Gasteiger partial charge >= 0.3 is 0 Å². The molecule has 27 heavy (non-hydrogen) atoms. The van der Waals surface area contributed by atoms with Gasteiger partial charge in [0.1, 0.15) is 0 Å². The number of hydrogen-bond acceptors (Lipinski definition) is 6. The Morgan fingerprint density at radius 2 is 2.11 bits per heavy atom. The van der Waals surface area contributed by atoms with Gasteiger partial charge in [-0.3, -0.25) is 4.79 Å². The Bertz CT molecular complexity index is 840. The zero-order valence-corrected chi connectivity index (χ0v) is 16.1. The molecule has 1 N–H and O–H groups in total. The number of rotatable bonds is 3. The van der Waals surface area contributed by atoms with E-state index in [9.17, 15) is 4.79 Å². The van der Waals surface area contributed by atoms with E-state index in [4.69, 9.17) is 14.1 Å². The van der Waals surface area contributed by atoms with Crippen LogP contribution in [-0.2, 0) is 11.2 Å². The summed E-state index contributed by atoms with van der Waals surface area (Å²) in [6, 6.07) is 1.67. The molecule has 2 aliphatic rings. The van der Waals surface area contributed by atoms with E-state index in [1.165, 1.54) is 0 Å². The third-order valence-corrected chi connectivity index (χ3v) is 5.33. The molecule has 0 radical (unpaired) electrons. The number of ether oxygens (including phenoxy) is 1. The molecule has 7 nitrogen and oxygen atoms in total. The maximum absolute atomic E-state index is 12.7. The number of hydrogen-bond donors (Lipinski definition) is 1. The molecule has 4 rings (SSSR count). The van der Waals surface area contributed by atoms with Gasteiger partial charge < -0.3 is 19.4 Å². The lowest BCUT2D eigenvalue weighted by molar-refractivity contribution is 0.0889. The topological polar surface area (TPSA) is 80.5 Å². The number of morpholine rings is 1. The zero-order chi connectivity index (χ0) is 19.0. The normalized spacial score (nSPS) is 21.6.